The minimum absolute atomic E-state index is 0.152. The molecule has 80 valence electrons. The molecular weight excluding hydrogens is 164 g/mol. The van der Waals surface area contributed by atoms with Crippen LogP contribution in [0, 0.1) is 5.92 Å². The molecule has 0 bridgehead atoms. The van der Waals surface area contributed by atoms with Crippen LogP contribution in [0.1, 0.15) is 53.4 Å². The van der Waals surface area contributed by atoms with Gasteiger partial charge in [0, 0.05) is 0 Å². The summed E-state index contributed by atoms with van der Waals surface area (Å²) in [6, 6.07) is 0. The summed E-state index contributed by atoms with van der Waals surface area (Å²) in [5, 5.41) is 19.3. The van der Waals surface area contributed by atoms with Crippen molar-refractivity contribution in [1.29, 1.82) is 0 Å². The van der Waals surface area contributed by atoms with Crippen molar-refractivity contribution < 1.29 is 10.2 Å². The number of aliphatic hydroxyl groups excluding tert-OH is 1. The zero-order chi connectivity index (χ0) is 10.5. The third kappa shape index (κ3) is 6.05. The highest BCUT2D eigenvalue weighted by molar-refractivity contribution is 4.75. The van der Waals surface area contributed by atoms with E-state index in [4.69, 9.17) is 0 Å². The molecule has 0 spiro atoms. The maximum absolute atomic E-state index is 9.65. The van der Waals surface area contributed by atoms with E-state index in [-0.39, 0.29) is 12.0 Å². The van der Waals surface area contributed by atoms with Gasteiger partial charge in [-0.2, -0.15) is 0 Å². The van der Waals surface area contributed by atoms with Crippen LogP contribution in [0.5, 0.6) is 0 Å². The van der Waals surface area contributed by atoms with Crippen molar-refractivity contribution in [3.05, 3.63) is 0 Å². The van der Waals surface area contributed by atoms with E-state index in [9.17, 15) is 10.2 Å². The molecule has 0 aromatic carbocycles. The summed E-state index contributed by atoms with van der Waals surface area (Å²) in [5.41, 5.74) is -0.673. The summed E-state index contributed by atoms with van der Waals surface area (Å²) in [5.74, 6) is 0.152. The topological polar surface area (TPSA) is 40.5 Å². The second kappa shape index (κ2) is 5.61. The molecule has 2 nitrogen and oxygen atoms in total. The van der Waals surface area contributed by atoms with E-state index in [2.05, 4.69) is 6.92 Å². The molecule has 13 heavy (non-hydrogen) atoms. The Hall–Kier alpha value is -0.0800. The summed E-state index contributed by atoms with van der Waals surface area (Å²) < 4.78 is 0. The standard InChI is InChI=1S/C11H24O2/c1-5-6-7-10(12)8-9(2)11(3,4)13/h9-10,12-13H,5-8H2,1-4H3/t9-,10-/m1/s1. The van der Waals surface area contributed by atoms with Crippen LogP contribution in [0.2, 0.25) is 0 Å². The maximum Gasteiger partial charge on any atom is 0.0618 e. The van der Waals surface area contributed by atoms with Crippen LogP contribution < -0.4 is 0 Å². The Labute approximate surface area is 82.0 Å². The van der Waals surface area contributed by atoms with Crippen LogP contribution in [-0.2, 0) is 0 Å². The summed E-state index contributed by atoms with van der Waals surface area (Å²) in [4.78, 5) is 0. The molecule has 0 amide bonds. The monoisotopic (exact) mass is 188 g/mol. The van der Waals surface area contributed by atoms with Gasteiger partial charge in [0.25, 0.3) is 0 Å². The molecule has 2 N–H and O–H groups in total. The average molecular weight is 188 g/mol. The summed E-state index contributed by atoms with van der Waals surface area (Å²) in [6.45, 7) is 7.69. The van der Waals surface area contributed by atoms with E-state index in [0.29, 0.717) is 6.42 Å². The second-order valence-electron chi connectivity index (χ2n) is 4.59. The summed E-state index contributed by atoms with van der Waals surface area (Å²) >= 11 is 0. The van der Waals surface area contributed by atoms with Crippen molar-refractivity contribution in [1.82, 2.24) is 0 Å². The number of unbranched alkanes of at least 4 members (excludes halogenated alkanes) is 1. The summed E-state index contributed by atoms with van der Waals surface area (Å²) in [6.07, 6.45) is 3.50. The highest BCUT2D eigenvalue weighted by atomic mass is 16.3. The predicted molar refractivity (Wildman–Crippen MR) is 55.6 cm³/mol. The van der Waals surface area contributed by atoms with Gasteiger partial charge < -0.3 is 10.2 Å². The van der Waals surface area contributed by atoms with Crippen LogP contribution >= 0.6 is 0 Å². The lowest BCUT2D eigenvalue weighted by Crippen LogP contribution is -2.31. The molecule has 2 atom stereocenters. The third-order valence-corrected chi connectivity index (χ3v) is 2.72. The molecule has 0 aromatic rings. The fourth-order valence-electron chi connectivity index (χ4n) is 1.25. The first-order chi connectivity index (χ1) is 5.88. The smallest absolute Gasteiger partial charge is 0.0618 e. The Morgan fingerprint density at radius 3 is 2.23 bits per heavy atom. The van der Waals surface area contributed by atoms with E-state index in [1.165, 1.54) is 0 Å². The molecule has 0 saturated carbocycles. The van der Waals surface area contributed by atoms with E-state index in [1.807, 2.05) is 6.92 Å². The predicted octanol–water partition coefficient (Wildman–Crippen LogP) is 2.33. The van der Waals surface area contributed by atoms with Gasteiger partial charge in [0.1, 0.15) is 0 Å². The molecule has 0 unspecified atom stereocenters. The molecule has 0 radical (unpaired) electrons. The molecule has 0 rings (SSSR count). The van der Waals surface area contributed by atoms with Crippen molar-refractivity contribution in [2.24, 2.45) is 5.92 Å². The van der Waals surface area contributed by atoms with Crippen molar-refractivity contribution in [2.75, 3.05) is 0 Å². The van der Waals surface area contributed by atoms with Gasteiger partial charge in [-0.05, 0) is 32.6 Å². The highest BCUT2D eigenvalue weighted by Crippen LogP contribution is 2.22. The average Bonchev–Trinajstić information content (AvgIpc) is 1.99. The minimum Gasteiger partial charge on any atom is -0.393 e. The van der Waals surface area contributed by atoms with E-state index >= 15 is 0 Å². The lowest BCUT2D eigenvalue weighted by atomic mass is 9.87. The molecule has 0 saturated heterocycles. The van der Waals surface area contributed by atoms with Crippen LogP contribution in [0.4, 0.5) is 0 Å². The first-order valence-corrected chi connectivity index (χ1v) is 5.28. The quantitative estimate of drug-likeness (QED) is 0.671. The molecule has 0 aliphatic heterocycles. The zero-order valence-electron chi connectivity index (χ0n) is 9.38. The molecule has 0 fully saturated rings. The fraction of sp³-hybridized carbons (Fsp3) is 1.00. The van der Waals surface area contributed by atoms with Gasteiger partial charge in [-0.15, -0.1) is 0 Å². The maximum atomic E-state index is 9.65. The molecule has 0 aliphatic carbocycles. The van der Waals surface area contributed by atoms with Crippen LogP contribution in [0.3, 0.4) is 0 Å². The lowest BCUT2D eigenvalue weighted by Gasteiger charge is -2.27. The normalized spacial score (nSPS) is 17.1. The summed E-state index contributed by atoms with van der Waals surface area (Å²) in [7, 11) is 0. The second-order valence-corrected chi connectivity index (χ2v) is 4.59. The van der Waals surface area contributed by atoms with E-state index in [1.54, 1.807) is 13.8 Å². The van der Waals surface area contributed by atoms with Crippen LogP contribution in [0.15, 0.2) is 0 Å². The van der Waals surface area contributed by atoms with Crippen LogP contribution in [-0.4, -0.2) is 21.9 Å². The molecule has 0 aromatic heterocycles. The Bertz CT molecular complexity index is 127. The van der Waals surface area contributed by atoms with Gasteiger partial charge >= 0.3 is 0 Å². The van der Waals surface area contributed by atoms with Crippen molar-refractivity contribution in [3.8, 4) is 0 Å². The van der Waals surface area contributed by atoms with Gasteiger partial charge in [-0.3, -0.25) is 0 Å². The van der Waals surface area contributed by atoms with Gasteiger partial charge in [0.05, 0.1) is 11.7 Å². The third-order valence-electron chi connectivity index (χ3n) is 2.72. The van der Waals surface area contributed by atoms with Crippen molar-refractivity contribution in [3.63, 3.8) is 0 Å². The number of rotatable bonds is 6. The molecule has 2 heteroatoms. The van der Waals surface area contributed by atoms with Gasteiger partial charge in [0.15, 0.2) is 0 Å². The first kappa shape index (κ1) is 12.9. The first-order valence-electron chi connectivity index (χ1n) is 5.28. The Morgan fingerprint density at radius 2 is 1.85 bits per heavy atom. The van der Waals surface area contributed by atoms with E-state index < -0.39 is 5.60 Å². The van der Waals surface area contributed by atoms with Gasteiger partial charge in [0.2, 0.25) is 0 Å². The van der Waals surface area contributed by atoms with Crippen molar-refractivity contribution >= 4 is 0 Å². The van der Waals surface area contributed by atoms with Crippen LogP contribution in [0.25, 0.3) is 0 Å². The van der Waals surface area contributed by atoms with Crippen molar-refractivity contribution in [2.45, 2.75) is 65.1 Å². The molecule has 0 aliphatic rings. The van der Waals surface area contributed by atoms with Gasteiger partial charge in [-0.1, -0.05) is 26.7 Å². The van der Waals surface area contributed by atoms with E-state index in [0.717, 1.165) is 19.3 Å². The Morgan fingerprint density at radius 1 is 1.31 bits per heavy atom. The Kier molecular flexibility index (Phi) is 5.57. The number of aliphatic hydroxyl groups is 2. The number of hydrogen-bond donors (Lipinski definition) is 2. The minimum atomic E-state index is -0.673. The Balaban J connectivity index is 3.71. The zero-order valence-corrected chi connectivity index (χ0v) is 9.38. The molecule has 0 heterocycles. The number of hydrogen-bond acceptors (Lipinski definition) is 2. The highest BCUT2D eigenvalue weighted by Gasteiger charge is 2.24. The SMILES string of the molecule is CCCC[C@@H](O)C[C@@H](C)C(C)(C)O. The van der Waals surface area contributed by atoms with Gasteiger partial charge in [-0.25, -0.2) is 0 Å². The fourth-order valence-corrected chi connectivity index (χ4v) is 1.25. The largest absolute Gasteiger partial charge is 0.393 e. The lowest BCUT2D eigenvalue weighted by molar-refractivity contribution is -0.00101. The molecular formula is C11H24O2.